The first-order valence-corrected chi connectivity index (χ1v) is 11.4. The molecule has 3 heterocycles. The van der Waals surface area contributed by atoms with E-state index >= 15 is 0 Å². The number of halogens is 1. The summed E-state index contributed by atoms with van der Waals surface area (Å²) in [4.78, 5) is 24.2. The van der Waals surface area contributed by atoms with Crippen molar-refractivity contribution in [3.05, 3.63) is 52.7 Å². The van der Waals surface area contributed by atoms with E-state index in [9.17, 15) is 9.18 Å². The van der Waals surface area contributed by atoms with Crippen LogP contribution in [0.25, 0.3) is 11.4 Å². The first-order valence-electron chi connectivity index (χ1n) is 11.4. The fraction of sp³-hybridized carbons (Fsp3) is 0.500. The molecule has 1 amide bonds. The van der Waals surface area contributed by atoms with E-state index < -0.39 is 0 Å². The zero-order valence-corrected chi connectivity index (χ0v) is 18.6. The van der Waals surface area contributed by atoms with Gasteiger partial charge in [0.1, 0.15) is 23.9 Å². The van der Waals surface area contributed by atoms with Gasteiger partial charge in [-0.05, 0) is 43.5 Å². The molecule has 8 heteroatoms. The van der Waals surface area contributed by atoms with Crippen molar-refractivity contribution >= 4 is 5.91 Å². The molecule has 0 saturated heterocycles. The van der Waals surface area contributed by atoms with Crippen molar-refractivity contribution in [2.24, 2.45) is 0 Å². The minimum atomic E-state index is -0.247. The minimum Gasteiger partial charge on any atom is -0.444 e. The van der Waals surface area contributed by atoms with Gasteiger partial charge in [-0.2, -0.15) is 5.10 Å². The third kappa shape index (κ3) is 4.06. The molecule has 0 unspecified atom stereocenters. The normalized spacial score (nSPS) is 16.9. The zero-order chi connectivity index (χ0) is 22.2. The number of carbonyl (C=O) groups is 1. The van der Waals surface area contributed by atoms with Gasteiger partial charge in [-0.15, -0.1) is 0 Å². The summed E-state index contributed by atoms with van der Waals surface area (Å²) in [6, 6.07) is 4.91. The van der Waals surface area contributed by atoms with Crippen molar-refractivity contribution < 1.29 is 13.6 Å². The SMILES string of the molecule is Cc1nc2c(o1)CN(C(=O)Cn1nc(-c3ccc(F)c(C)c3)nc1C1CCCCC1)CC2. The van der Waals surface area contributed by atoms with Crippen molar-refractivity contribution in [3.8, 4) is 11.4 Å². The van der Waals surface area contributed by atoms with Crippen LogP contribution in [0.15, 0.2) is 22.6 Å². The first kappa shape index (κ1) is 20.8. The average Bonchev–Trinajstić information content (AvgIpc) is 3.38. The second-order valence-corrected chi connectivity index (χ2v) is 8.92. The Hall–Kier alpha value is -3.03. The highest BCUT2D eigenvalue weighted by Crippen LogP contribution is 2.33. The van der Waals surface area contributed by atoms with Crippen LogP contribution >= 0.6 is 0 Å². The number of oxazole rings is 1. The lowest BCUT2D eigenvalue weighted by Crippen LogP contribution is -2.38. The van der Waals surface area contributed by atoms with E-state index in [4.69, 9.17) is 14.5 Å². The second-order valence-electron chi connectivity index (χ2n) is 8.92. The van der Waals surface area contributed by atoms with Crippen LogP contribution in [-0.2, 0) is 24.3 Å². The van der Waals surface area contributed by atoms with E-state index in [2.05, 4.69) is 4.98 Å². The highest BCUT2D eigenvalue weighted by Gasteiger charge is 2.28. The number of carbonyl (C=O) groups excluding carboxylic acids is 1. The van der Waals surface area contributed by atoms with Crippen LogP contribution in [0, 0.1) is 19.7 Å². The Kier molecular flexibility index (Phi) is 5.53. The molecule has 7 nitrogen and oxygen atoms in total. The molecule has 0 spiro atoms. The number of aryl methyl sites for hydroxylation is 2. The third-order valence-electron chi connectivity index (χ3n) is 6.56. The fourth-order valence-electron chi connectivity index (χ4n) is 4.80. The number of hydrogen-bond acceptors (Lipinski definition) is 5. The Bertz CT molecular complexity index is 1150. The lowest BCUT2D eigenvalue weighted by molar-refractivity contribution is -0.133. The third-order valence-corrected chi connectivity index (χ3v) is 6.56. The van der Waals surface area contributed by atoms with Crippen molar-refractivity contribution in [3.63, 3.8) is 0 Å². The van der Waals surface area contributed by atoms with Crippen LogP contribution in [0.4, 0.5) is 4.39 Å². The Balaban J connectivity index is 1.42. The van der Waals surface area contributed by atoms with Crippen molar-refractivity contribution in [2.45, 2.75) is 71.4 Å². The summed E-state index contributed by atoms with van der Waals surface area (Å²) in [7, 11) is 0. The summed E-state index contributed by atoms with van der Waals surface area (Å²) in [5.74, 6) is 2.87. The number of amides is 1. The molecule has 1 aromatic carbocycles. The molecule has 1 aliphatic carbocycles. The van der Waals surface area contributed by atoms with Crippen LogP contribution < -0.4 is 0 Å². The Labute approximate surface area is 186 Å². The summed E-state index contributed by atoms with van der Waals surface area (Å²) in [6.45, 7) is 4.76. The number of rotatable bonds is 4. The number of nitrogens with zero attached hydrogens (tertiary/aromatic N) is 5. The van der Waals surface area contributed by atoms with Crippen molar-refractivity contribution in [2.75, 3.05) is 6.54 Å². The van der Waals surface area contributed by atoms with E-state index in [1.807, 2.05) is 6.92 Å². The number of hydrogen-bond donors (Lipinski definition) is 0. The molecular weight excluding hydrogens is 409 g/mol. The van der Waals surface area contributed by atoms with Gasteiger partial charge in [0, 0.05) is 31.4 Å². The topological polar surface area (TPSA) is 77.0 Å². The molecule has 5 rings (SSSR count). The minimum absolute atomic E-state index is 0.00602. The standard InChI is InChI=1S/C24H28FN5O2/c1-15-12-18(8-9-19(15)25)23-27-24(17-6-4-3-5-7-17)30(28-23)14-22(31)29-11-10-20-21(13-29)32-16(2)26-20/h8-9,12,17H,3-7,10-11,13-14H2,1-2H3. The molecule has 2 aliphatic rings. The van der Waals surface area contributed by atoms with Gasteiger partial charge in [0.2, 0.25) is 5.91 Å². The van der Waals surface area contributed by atoms with Crippen LogP contribution in [0.5, 0.6) is 0 Å². The maximum atomic E-state index is 13.8. The quantitative estimate of drug-likeness (QED) is 0.607. The average molecular weight is 438 g/mol. The molecule has 0 atom stereocenters. The Morgan fingerprint density at radius 2 is 2.00 bits per heavy atom. The molecule has 1 fully saturated rings. The lowest BCUT2D eigenvalue weighted by atomic mass is 9.88. The fourth-order valence-corrected chi connectivity index (χ4v) is 4.80. The van der Waals surface area contributed by atoms with Gasteiger partial charge in [-0.1, -0.05) is 19.3 Å². The predicted octanol–water partition coefficient (Wildman–Crippen LogP) is 4.32. The van der Waals surface area contributed by atoms with Gasteiger partial charge in [0.15, 0.2) is 11.7 Å². The molecule has 3 aromatic rings. The summed E-state index contributed by atoms with van der Waals surface area (Å²) in [6.07, 6.45) is 6.37. The molecule has 0 N–H and O–H groups in total. The summed E-state index contributed by atoms with van der Waals surface area (Å²) in [5, 5.41) is 4.71. The van der Waals surface area contributed by atoms with Gasteiger partial charge >= 0.3 is 0 Å². The number of fused-ring (bicyclic) bond motifs is 1. The van der Waals surface area contributed by atoms with Crippen molar-refractivity contribution in [1.29, 1.82) is 0 Å². The molecule has 1 saturated carbocycles. The highest BCUT2D eigenvalue weighted by molar-refractivity contribution is 5.76. The summed E-state index contributed by atoms with van der Waals surface area (Å²) >= 11 is 0. The molecular formula is C24H28FN5O2. The summed E-state index contributed by atoms with van der Waals surface area (Å²) < 4.78 is 21.2. The smallest absolute Gasteiger partial charge is 0.244 e. The van der Waals surface area contributed by atoms with E-state index in [0.29, 0.717) is 42.7 Å². The maximum Gasteiger partial charge on any atom is 0.244 e. The van der Waals surface area contributed by atoms with Crippen LogP contribution in [-0.4, -0.2) is 37.1 Å². The van der Waals surface area contributed by atoms with E-state index in [1.165, 1.54) is 12.5 Å². The second kappa shape index (κ2) is 8.48. The monoisotopic (exact) mass is 437 g/mol. The van der Waals surface area contributed by atoms with Gasteiger partial charge in [0.05, 0.1) is 12.2 Å². The zero-order valence-electron chi connectivity index (χ0n) is 18.6. The number of benzene rings is 1. The Morgan fingerprint density at radius 3 is 2.78 bits per heavy atom. The molecule has 1 aliphatic heterocycles. The molecule has 0 radical (unpaired) electrons. The van der Waals surface area contributed by atoms with Gasteiger partial charge in [-0.3, -0.25) is 4.79 Å². The van der Waals surface area contributed by atoms with E-state index in [-0.39, 0.29) is 18.3 Å². The lowest BCUT2D eigenvalue weighted by Gasteiger charge is -2.26. The van der Waals surface area contributed by atoms with Crippen LogP contribution in [0.1, 0.15) is 66.8 Å². The molecule has 32 heavy (non-hydrogen) atoms. The van der Waals surface area contributed by atoms with Crippen LogP contribution in [0.2, 0.25) is 0 Å². The van der Waals surface area contributed by atoms with Crippen LogP contribution in [0.3, 0.4) is 0 Å². The maximum absolute atomic E-state index is 13.8. The number of aromatic nitrogens is 4. The highest BCUT2D eigenvalue weighted by atomic mass is 19.1. The van der Waals surface area contributed by atoms with E-state index in [1.54, 1.807) is 28.6 Å². The van der Waals surface area contributed by atoms with Gasteiger partial charge in [-0.25, -0.2) is 19.0 Å². The largest absolute Gasteiger partial charge is 0.444 e. The van der Waals surface area contributed by atoms with Gasteiger partial charge < -0.3 is 9.32 Å². The van der Waals surface area contributed by atoms with Crippen molar-refractivity contribution in [1.82, 2.24) is 24.6 Å². The summed E-state index contributed by atoms with van der Waals surface area (Å²) in [5.41, 5.74) is 2.27. The molecule has 168 valence electrons. The molecule has 0 bridgehead atoms. The molecule has 2 aromatic heterocycles. The van der Waals surface area contributed by atoms with E-state index in [0.717, 1.165) is 48.5 Å². The Morgan fingerprint density at radius 1 is 1.19 bits per heavy atom. The first-order chi connectivity index (χ1) is 15.5. The van der Waals surface area contributed by atoms with Gasteiger partial charge in [0.25, 0.3) is 0 Å². The predicted molar refractivity (Wildman–Crippen MR) is 116 cm³/mol.